The number of hydrogen-bond donors (Lipinski definition) is 0. The van der Waals surface area contributed by atoms with Gasteiger partial charge < -0.3 is 0 Å². The zero-order valence-electron chi connectivity index (χ0n) is 39.1. The number of rotatable bonds is 20. The number of alkyl halides is 9. The number of hydrogen-bond acceptors (Lipinski definition) is 9. The van der Waals surface area contributed by atoms with E-state index < -0.39 is 43.7 Å². The summed E-state index contributed by atoms with van der Waals surface area (Å²) in [4.78, 5) is 39.2. The Morgan fingerprint density at radius 2 is 0.694 bits per heavy atom. The van der Waals surface area contributed by atoms with Gasteiger partial charge >= 0.3 is 33.4 Å². The van der Waals surface area contributed by atoms with Gasteiger partial charge in [-0.25, -0.2) is 3.63 Å². The maximum Gasteiger partial charge on any atom is 0.460 e. The highest BCUT2D eigenvalue weighted by molar-refractivity contribution is 8.33. The molecule has 0 spiro atoms. The normalized spacial score (nSPS) is 13.0. The summed E-state index contributed by atoms with van der Waals surface area (Å²) in [7, 11) is -11.9. The molecule has 0 saturated heterocycles. The van der Waals surface area contributed by atoms with Crippen molar-refractivity contribution in [2.24, 2.45) is 0 Å². The molecule has 0 bridgehead atoms. The first kappa shape index (κ1) is 56.3. The van der Waals surface area contributed by atoms with E-state index in [1.807, 2.05) is 20.8 Å². The smallest absolute Gasteiger partial charge is 0.295 e. The average molecular weight is 1100 g/mol. The molecule has 0 unspecified atom stereocenters. The van der Waals surface area contributed by atoms with Crippen LogP contribution >= 0.6 is 45.6 Å². The van der Waals surface area contributed by atoms with Gasteiger partial charge in [0.15, 0.2) is 17.3 Å². The maximum absolute atomic E-state index is 15.9. The predicted molar refractivity (Wildman–Crippen MR) is 262 cm³/mol. The number of Topliss-reactive ketones (excluding diaryl/α,β-unsaturated/α-hetero) is 3. The Bertz CT molecular complexity index is 2840. The van der Waals surface area contributed by atoms with Gasteiger partial charge in [-0.3, -0.25) is 14.4 Å². The van der Waals surface area contributed by atoms with Crippen molar-refractivity contribution in [1.82, 2.24) is 0 Å². The minimum Gasteiger partial charge on any atom is -0.295 e. The van der Waals surface area contributed by atoms with Crippen LogP contribution in [-0.2, 0) is 33.0 Å². The van der Waals surface area contributed by atoms with E-state index in [-0.39, 0.29) is 32.0 Å². The lowest BCUT2D eigenvalue weighted by atomic mass is 10.0. The molecule has 72 heavy (non-hydrogen) atoms. The number of halogens is 9. The van der Waals surface area contributed by atoms with Crippen LogP contribution in [0.2, 0.25) is 0 Å². The van der Waals surface area contributed by atoms with Crippen LogP contribution in [-0.4, -0.2) is 49.0 Å². The van der Waals surface area contributed by atoms with E-state index in [0.717, 1.165) is 16.7 Å². The average Bonchev–Trinajstić information content (AvgIpc) is 3.33. The van der Waals surface area contributed by atoms with Gasteiger partial charge in [0.25, 0.3) is 0 Å². The summed E-state index contributed by atoms with van der Waals surface area (Å²) in [6.07, 6.45) is -5.81. The van der Waals surface area contributed by atoms with E-state index in [9.17, 15) is 44.8 Å². The van der Waals surface area contributed by atoms with E-state index in [0.29, 0.717) is 65.3 Å². The molecule has 0 amide bonds. The first-order valence-corrected chi connectivity index (χ1v) is 27.3. The van der Waals surface area contributed by atoms with Gasteiger partial charge in [0.1, 0.15) is 0 Å². The van der Waals surface area contributed by atoms with Crippen LogP contribution < -0.4 is 0 Å². The van der Waals surface area contributed by atoms with Crippen molar-refractivity contribution >= 4 is 73.1 Å². The van der Waals surface area contributed by atoms with Gasteiger partial charge in [0.2, 0.25) is 0 Å². The molecule has 20 heteroatoms. The summed E-state index contributed by atoms with van der Waals surface area (Å²) >= 11 is 3.53. The van der Waals surface area contributed by atoms with E-state index in [4.69, 9.17) is 3.63 Å². The fraction of sp³-hybridized carbons (Fsp3) is 0.250. The second-order valence-corrected chi connectivity index (χ2v) is 24.1. The molecular weight excluding hydrogens is 1050 g/mol. The van der Waals surface area contributed by atoms with Crippen molar-refractivity contribution < 1.29 is 65.9 Å². The third kappa shape index (κ3) is 11.2. The molecule has 6 aromatic rings. The molecule has 0 radical (unpaired) electrons. The molecule has 0 atom stereocenters. The van der Waals surface area contributed by atoms with Crippen LogP contribution in [0.3, 0.4) is 0 Å². The summed E-state index contributed by atoms with van der Waals surface area (Å²) < 4.78 is 164. The topological polar surface area (TPSA) is 94.6 Å². The van der Waals surface area contributed by atoms with Crippen molar-refractivity contribution in [1.29, 1.82) is 0 Å². The molecule has 0 saturated carbocycles. The lowest BCUT2D eigenvalue weighted by Gasteiger charge is -2.41. The van der Waals surface area contributed by atoms with E-state index in [2.05, 4.69) is 0 Å². The third-order valence-electron chi connectivity index (χ3n) is 11.3. The minimum absolute atomic E-state index is 0.159. The zero-order chi connectivity index (χ0) is 53.2. The molecule has 0 fully saturated rings. The first-order chi connectivity index (χ1) is 33.6. The van der Waals surface area contributed by atoms with Crippen molar-refractivity contribution in [2.45, 2.75) is 128 Å². The Labute approximate surface area is 425 Å². The highest BCUT2D eigenvalue weighted by Crippen LogP contribution is 2.72. The SMILES string of the molecule is CCc1cc(Sc2ccc(S(OS(=O)(=O)C(F)(F)C(F)(F)C(F)(F)C(F)(F)F)(c3ccc(Sc4ccc(C(C)=O)c(CC)c4)cc3)c3ccc(Sc4ccc(C(C)=O)c(CC)c4)cc3)cc2)ccc1C(C)=O. The van der Waals surface area contributed by atoms with Crippen LogP contribution in [0.25, 0.3) is 0 Å². The largest absolute Gasteiger partial charge is 0.460 e. The highest BCUT2D eigenvalue weighted by Gasteiger charge is 2.86. The molecule has 6 nitrogen and oxygen atoms in total. The Balaban J connectivity index is 1.56. The molecule has 6 rings (SSSR count). The molecule has 0 N–H and O–H groups in total. The second-order valence-electron chi connectivity index (χ2n) is 16.1. The number of benzene rings is 6. The maximum atomic E-state index is 15.9. The summed E-state index contributed by atoms with van der Waals surface area (Å²) in [5.41, 5.74) is 3.71. The fourth-order valence-corrected chi connectivity index (χ4v) is 15.4. The van der Waals surface area contributed by atoms with Crippen LogP contribution in [0.15, 0.2) is 171 Å². The first-order valence-electron chi connectivity index (χ1n) is 21.9. The zero-order valence-corrected chi connectivity index (χ0v) is 43.2. The molecule has 6 aromatic carbocycles. The molecule has 0 aliphatic rings. The summed E-state index contributed by atoms with van der Waals surface area (Å²) in [6, 6.07) is 31.3. The Hall–Kier alpha value is -4.99. The second kappa shape index (κ2) is 21.8. The van der Waals surface area contributed by atoms with Crippen LogP contribution in [0, 0.1) is 0 Å². The van der Waals surface area contributed by atoms with Crippen LogP contribution in [0.4, 0.5) is 39.5 Å². The third-order valence-corrected chi connectivity index (χ3v) is 19.5. The predicted octanol–water partition coefficient (Wildman–Crippen LogP) is 16.4. The van der Waals surface area contributed by atoms with Crippen molar-refractivity contribution in [3.8, 4) is 0 Å². The van der Waals surface area contributed by atoms with Gasteiger partial charge in [-0.15, -0.1) is 0 Å². The lowest BCUT2D eigenvalue weighted by Crippen LogP contribution is -2.63. The van der Waals surface area contributed by atoms with Gasteiger partial charge in [0.05, 0.1) is 0 Å². The number of ketones is 3. The van der Waals surface area contributed by atoms with Gasteiger partial charge in [-0.05, 0) is 176 Å². The molecule has 0 heterocycles. The minimum atomic E-state index is -7.59. The van der Waals surface area contributed by atoms with E-state index in [1.54, 1.807) is 54.6 Å². The van der Waals surface area contributed by atoms with Crippen molar-refractivity contribution in [3.63, 3.8) is 0 Å². The number of carbonyl (C=O) groups is 3. The van der Waals surface area contributed by atoms with Crippen LogP contribution in [0.5, 0.6) is 0 Å². The fourth-order valence-electron chi connectivity index (χ4n) is 7.54. The molecule has 0 aromatic heterocycles. The monoisotopic (exact) mass is 1100 g/mol. The molecule has 0 aliphatic heterocycles. The lowest BCUT2D eigenvalue weighted by molar-refractivity contribution is -0.382. The molecule has 0 aliphatic carbocycles. The standard InChI is InChI=1S/C52H45F9O6S5/c1-7-34-28-40(16-25-46(34)31(4)62)68-37-10-19-43(20-11-37)71(67-72(65,66)52(60,61)50(55,56)49(53,54)51(57,58)59,44-21-12-38(13-22-44)69-41-17-26-47(32(5)63)35(8-2)29-41)45-23-14-39(15-24-45)70-42-18-27-48(33(6)64)36(9-3)30-42/h10-30H,7-9H2,1-6H3. The molecular formula is C52H45F9O6S5. The summed E-state index contributed by atoms with van der Waals surface area (Å²) in [5, 5.41) is -7.20. The van der Waals surface area contributed by atoms with Gasteiger partial charge in [-0.1, -0.05) is 74.3 Å². The highest BCUT2D eigenvalue weighted by atomic mass is 32.3. The summed E-state index contributed by atoms with van der Waals surface area (Å²) in [5.74, 6) is -15.6. The van der Waals surface area contributed by atoms with Gasteiger partial charge in [0, 0.05) is 60.7 Å². The summed E-state index contributed by atoms with van der Waals surface area (Å²) in [6.45, 7) is 9.82. The molecule has 382 valence electrons. The number of carbonyl (C=O) groups excluding carboxylic acids is 3. The number of aryl methyl sites for hydroxylation is 3. The van der Waals surface area contributed by atoms with Crippen LogP contribution in [0.1, 0.15) is 89.3 Å². The van der Waals surface area contributed by atoms with Crippen molar-refractivity contribution in [2.75, 3.05) is 0 Å². The Morgan fingerprint density at radius 3 is 0.931 bits per heavy atom. The Morgan fingerprint density at radius 1 is 0.431 bits per heavy atom. The quantitative estimate of drug-likeness (QED) is 0.0547. The van der Waals surface area contributed by atoms with Crippen molar-refractivity contribution in [3.05, 3.63) is 161 Å². The Kier molecular flexibility index (Phi) is 17.1. The van der Waals surface area contributed by atoms with E-state index >= 15 is 17.6 Å². The van der Waals surface area contributed by atoms with Gasteiger partial charge in [-0.2, -0.15) is 47.9 Å². The van der Waals surface area contributed by atoms with E-state index in [1.165, 1.54) is 129 Å².